The van der Waals surface area contributed by atoms with E-state index in [9.17, 15) is 5.48 Å². The summed E-state index contributed by atoms with van der Waals surface area (Å²) in [6.07, 6.45) is 0. The Morgan fingerprint density at radius 1 is 0.638 bits per heavy atom. The molecule has 3 aromatic heterocycles. The lowest BCUT2D eigenvalue weighted by molar-refractivity contribution is 0.663. The molecule has 1 aliphatic rings. The Kier molecular flexibility index (Phi) is 3.03. The molecule has 3 heterocycles. The summed E-state index contributed by atoms with van der Waals surface area (Å²) in [6, 6.07) is 13.1. The average Bonchev–Trinajstić information content (AvgIpc) is 3.93. The topological polar surface area (TPSA) is 56.7 Å². The van der Waals surface area contributed by atoms with Crippen LogP contribution in [0.1, 0.15) is 46.8 Å². The number of fused-ring (bicyclic) bond motifs is 10. The third-order valence-corrected chi connectivity index (χ3v) is 8.59. The van der Waals surface area contributed by atoms with Gasteiger partial charge in [-0.05, 0) is 40.4 Å². The van der Waals surface area contributed by atoms with Gasteiger partial charge in [-0.3, -0.25) is 4.57 Å². The van der Waals surface area contributed by atoms with Gasteiger partial charge < -0.3 is 4.42 Å². The maximum atomic E-state index is 9.51. The van der Waals surface area contributed by atoms with E-state index in [-0.39, 0.29) is 17.0 Å². The summed E-state index contributed by atoms with van der Waals surface area (Å²) in [4.78, 5) is 14.5. The predicted molar refractivity (Wildman–Crippen MR) is 190 cm³/mol. The maximum absolute atomic E-state index is 9.51. The summed E-state index contributed by atoms with van der Waals surface area (Å²) >= 11 is 0. The van der Waals surface area contributed by atoms with Gasteiger partial charge in [-0.25, -0.2) is 4.98 Å². The Morgan fingerprint density at radius 3 is 2.34 bits per heavy atom. The van der Waals surface area contributed by atoms with Crippen molar-refractivity contribution in [3.63, 3.8) is 0 Å². The first kappa shape index (κ1) is 15.0. The summed E-state index contributed by atoms with van der Waals surface area (Å²) in [6.45, 7) is -7.38. The molecule has 5 heteroatoms. The first-order valence-corrected chi connectivity index (χ1v) is 14.7. The summed E-state index contributed by atoms with van der Waals surface area (Å²) in [7, 11) is 0. The molecule has 0 saturated carbocycles. The zero-order chi connectivity index (χ0) is 45.0. The predicted octanol–water partition coefficient (Wildman–Crippen LogP) is 10.5. The van der Waals surface area contributed by atoms with E-state index in [2.05, 4.69) is 0 Å². The summed E-state index contributed by atoms with van der Waals surface area (Å²) in [5.41, 5.74) is -5.36. The number of benzene rings is 6. The highest BCUT2D eigenvalue weighted by molar-refractivity contribution is 6.13. The Hall–Kier alpha value is -6.07. The van der Waals surface area contributed by atoms with Crippen molar-refractivity contribution in [1.82, 2.24) is 19.5 Å². The van der Waals surface area contributed by atoms with Crippen LogP contribution in [0.4, 0.5) is 0 Å². The lowest BCUT2D eigenvalue weighted by Crippen LogP contribution is -2.17. The maximum Gasteiger partial charge on any atom is 0.238 e. The van der Waals surface area contributed by atoms with Gasteiger partial charge in [0, 0.05) is 40.7 Å². The van der Waals surface area contributed by atoms with Gasteiger partial charge >= 0.3 is 0 Å². The Balaban J connectivity index is 1.49. The Labute approximate surface area is 293 Å². The third-order valence-electron chi connectivity index (χ3n) is 8.59. The molecule has 0 fully saturated rings. The van der Waals surface area contributed by atoms with Gasteiger partial charge in [-0.2, -0.15) is 9.97 Å². The smallest absolute Gasteiger partial charge is 0.238 e. The molecule has 0 saturated heterocycles. The molecule has 0 N–H and O–H groups in total. The molecule has 0 bridgehead atoms. The van der Waals surface area contributed by atoms with Crippen LogP contribution in [0.15, 0.2) is 138 Å². The van der Waals surface area contributed by atoms with Gasteiger partial charge in [0.2, 0.25) is 5.95 Å². The summed E-state index contributed by atoms with van der Waals surface area (Å²) in [5.74, 6) is -0.433. The van der Waals surface area contributed by atoms with Crippen molar-refractivity contribution >= 4 is 43.7 Å². The molecule has 0 atom stereocenters. The van der Waals surface area contributed by atoms with Gasteiger partial charge in [0.25, 0.3) is 0 Å². The second-order valence-corrected chi connectivity index (χ2v) is 11.2. The fourth-order valence-corrected chi connectivity index (χ4v) is 6.54. The molecule has 0 spiro atoms. The number of hydrogen-bond acceptors (Lipinski definition) is 4. The summed E-state index contributed by atoms with van der Waals surface area (Å²) < 4.78 is 152. The molecule has 0 amide bonds. The molecule has 47 heavy (non-hydrogen) atoms. The Bertz CT molecular complexity index is 3490. The molecule has 6 aromatic carbocycles. The molecule has 1 aliphatic carbocycles. The molecule has 9 aromatic rings. The van der Waals surface area contributed by atoms with Gasteiger partial charge in [-0.15, -0.1) is 0 Å². The standard InChI is InChI=1S/C42H28N4O/c1-42(2)33-20-9-6-15-26(33)29-23-24-30-27-16-7-10-21-34(27)46(37(30)36(29)42)41-44-39(25-13-4-3-5-14-25)43-40(45-41)32-19-12-18-31-28-17-8-11-22-35(28)47-38(31)32/h3-24H,1-2H3/i1D3,2D3,6D,7D,9D,10D,15D,16D,20D,21D,23D,24D. The third kappa shape index (κ3) is 3.62. The first-order chi connectivity index (χ1) is 29.7. The molecule has 0 radical (unpaired) electrons. The molecular weight excluding hydrogens is 576 g/mol. The van der Waals surface area contributed by atoms with Gasteiger partial charge in [0.05, 0.1) is 30.3 Å². The first-order valence-electron chi connectivity index (χ1n) is 22.7. The minimum Gasteiger partial charge on any atom is -0.455 e. The zero-order valence-corrected chi connectivity index (χ0v) is 24.1. The number of hydrogen-bond donors (Lipinski definition) is 0. The average molecular weight is 621 g/mol. The molecule has 5 nitrogen and oxygen atoms in total. The molecule has 10 rings (SSSR count). The van der Waals surface area contributed by atoms with Crippen LogP contribution in [0.5, 0.6) is 0 Å². The SMILES string of the molecule is [2H]c1c([2H])c([2H])c2c(c1[2H])-c1c([2H])c([2H])c3c4c([2H])c([2H])c([2H])c([2H])c4n(-c4nc(-c5ccccc5)nc(-c5cccc6c5oc5ccccc56)n4)c3c1C2(C([2H])([2H])[2H])C([2H])([2H])[2H]. The van der Waals surface area contributed by atoms with Crippen molar-refractivity contribution in [1.29, 1.82) is 0 Å². The van der Waals surface area contributed by atoms with Crippen LogP contribution < -0.4 is 0 Å². The quantitative estimate of drug-likeness (QED) is 0.197. The van der Waals surface area contributed by atoms with E-state index in [4.69, 9.17) is 35.8 Å². The van der Waals surface area contributed by atoms with Crippen LogP contribution >= 0.6 is 0 Å². The molecule has 0 unspecified atom stereocenters. The normalized spacial score (nSPS) is 18.9. The zero-order valence-electron chi connectivity index (χ0n) is 40.1. The highest BCUT2D eigenvalue weighted by Gasteiger charge is 2.38. The van der Waals surface area contributed by atoms with Crippen molar-refractivity contribution in [3.8, 4) is 39.9 Å². The Morgan fingerprint density at radius 2 is 1.43 bits per heavy atom. The van der Waals surface area contributed by atoms with E-state index in [1.54, 1.807) is 48.5 Å². The van der Waals surface area contributed by atoms with E-state index in [1.807, 2.05) is 24.3 Å². The molecular formula is C42H28N4O. The van der Waals surface area contributed by atoms with E-state index in [0.717, 1.165) is 9.95 Å². The van der Waals surface area contributed by atoms with Crippen LogP contribution in [0.3, 0.4) is 0 Å². The molecule has 0 aliphatic heterocycles. The van der Waals surface area contributed by atoms with Crippen LogP contribution in [0, 0.1) is 0 Å². The fourth-order valence-electron chi connectivity index (χ4n) is 6.54. The van der Waals surface area contributed by atoms with Crippen LogP contribution in [0.2, 0.25) is 0 Å². The number of furan rings is 1. The van der Waals surface area contributed by atoms with Crippen LogP contribution in [0.25, 0.3) is 83.6 Å². The van der Waals surface area contributed by atoms with Crippen LogP contribution in [-0.2, 0) is 5.41 Å². The van der Waals surface area contributed by atoms with Gasteiger partial charge in [0.1, 0.15) is 11.2 Å². The monoisotopic (exact) mass is 620 g/mol. The number of para-hydroxylation sites is 3. The van der Waals surface area contributed by atoms with Crippen molar-refractivity contribution in [2.45, 2.75) is 19.1 Å². The van der Waals surface area contributed by atoms with Crippen molar-refractivity contribution in [3.05, 3.63) is 144 Å². The second kappa shape index (κ2) is 9.47. The van der Waals surface area contributed by atoms with Gasteiger partial charge in [0.15, 0.2) is 11.6 Å². The highest BCUT2D eigenvalue weighted by atomic mass is 16.3. The van der Waals surface area contributed by atoms with E-state index >= 15 is 0 Å². The minimum atomic E-state index is -3.69. The largest absolute Gasteiger partial charge is 0.455 e. The number of aromatic nitrogens is 4. The lowest BCUT2D eigenvalue weighted by atomic mass is 9.81. The number of nitrogens with zero attached hydrogens (tertiary/aromatic N) is 4. The van der Waals surface area contributed by atoms with E-state index in [0.29, 0.717) is 27.7 Å². The van der Waals surface area contributed by atoms with Gasteiger partial charge in [-0.1, -0.05) is 129 Å². The highest BCUT2D eigenvalue weighted by Crippen LogP contribution is 2.52. The van der Waals surface area contributed by atoms with E-state index in [1.165, 1.54) is 0 Å². The number of rotatable bonds is 3. The lowest BCUT2D eigenvalue weighted by Gasteiger charge is -2.23. The van der Waals surface area contributed by atoms with Crippen LogP contribution in [-0.4, -0.2) is 19.5 Å². The second-order valence-electron chi connectivity index (χ2n) is 11.2. The van der Waals surface area contributed by atoms with Crippen molar-refractivity contribution in [2.75, 3.05) is 0 Å². The fraction of sp³-hybridized carbons (Fsp3) is 0.0714. The molecule has 222 valence electrons. The van der Waals surface area contributed by atoms with Crippen molar-refractivity contribution < 1.29 is 26.3 Å². The van der Waals surface area contributed by atoms with E-state index < -0.39 is 124 Å². The minimum absolute atomic E-state index is 0.0141. The van der Waals surface area contributed by atoms with Crippen molar-refractivity contribution in [2.24, 2.45) is 0 Å². The summed E-state index contributed by atoms with van der Waals surface area (Å²) in [5, 5.41) is 0.647.